The summed E-state index contributed by atoms with van der Waals surface area (Å²) in [5, 5.41) is 4.19. The molecule has 4 aromatic rings. The van der Waals surface area contributed by atoms with E-state index in [0.717, 1.165) is 0 Å². The van der Waals surface area contributed by atoms with Crippen molar-refractivity contribution >= 4 is 29.6 Å². The van der Waals surface area contributed by atoms with Crippen LogP contribution < -0.4 is 15.9 Å². The summed E-state index contributed by atoms with van der Waals surface area (Å²) >= 11 is 0. The number of carbonyl (C=O) groups excluding carboxylic acids is 1. The maximum atomic E-state index is 10.8. The first kappa shape index (κ1) is 24.5. The van der Waals surface area contributed by atoms with Crippen LogP contribution in [0.4, 0.5) is 0 Å². The van der Waals surface area contributed by atoms with Crippen LogP contribution in [0.2, 0.25) is 0 Å². The molecule has 0 unspecified atom stereocenters. The molecule has 31 heavy (non-hydrogen) atoms. The number of carbonyl (C=O) groups is 1. The van der Waals surface area contributed by atoms with E-state index in [4.69, 9.17) is 6.42 Å². The van der Waals surface area contributed by atoms with Gasteiger partial charge in [-0.25, -0.2) is 0 Å². The zero-order chi connectivity index (χ0) is 21.2. The standard InChI is InChI=1S/C18H15P.C10H7O.Au/c1-4-10-16(11-5-1)19(17-12-6-2-7-13-17)18-14-8-3-9-15-18;1-3-9-4-6-10(7-5-9)8(2)11;/h1-15H;4-7H,2H3;/q;-1;+1. The SMILES string of the molecule is [Au+].[C-]#Cc1ccc(C(C)=O)cc1.c1ccc(P(c2ccccc2)c2ccccc2)cc1. The quantitative estimate of drug-likeness (QED) is 0.102. The predicted octanol–water partition coefficient (Wildman–Crippen LogP) is 5.27. The van der Waals surface area contributed by atoms with E-state index in [1.807, 2.05) is 0 Å². The van der Waals surface area contributed by atoms with Gasteiger partial charge < -0.3 is 6.42 Å². The summed E-state index contributed by atoms with van der Waals surface area (Å²) in [6.45, 7) is 1.52. The molecule has 4 rings (SSSR count). The second kappa shape index (κ2) is 12.9. The molecule has 1 nitrogen and oxygen atoms in total. The Hall–Kier alpha value is -2.72. The minimum absolute atomic E-state index is 0. The van der Waals surface area contributed by atoms with Gasteiger partial charge in [-0.2, -0.15) is 0 Å². The van der Waals surface area contributed by atoms with E-state index in [2.05, 4.69) is 96.9 Å². The van der Waals surface area contributed by atoms with Crippen LogP contribution in [-0.2, 0) is 22.4 Å². The number of ketones is 1. The fourth-order valence-electron chi connectivity index (χ4n) is 2.97. The molecule has 0 aliphatic rings. The first-order valence-corrected chi connectivity index (χ1v) is 11.0. The van der Waals surface area contributed by atoms with Gasteiger partial charge in [0.1, 0.15) is 0 Å². The Morgan fingerprint density at radius 2 is 1.00 bits per heavy atom. The molecule has 4 aromatic carbocycles. The van der Waals surface area contributed by atoms with Crippen molar-refractivity contribution in [2.75, 3.05) is 0 Å². The molecule has 0 aliphatic heterocycles. The van der Waals surface area contributed by atoms with Crippen LogP contribution in [0.3, 0.4) is 0 Å². The zero-order valence-corrected chi connectivity index (χ0v) is 20.2. The van der Waals surface area contributed by atoms with E-state index in [1.54, 1.807) is 24.3 Å². The first-order chi connectivity index (χ1) is 14.7. The zero-order valence-electron chi connectivity index (χ0n) is 17.1. The van der Waals surface area contributed by atoms with E-state index in [-0.39, 0.29) is 28.2 Å². The first-order valence-electron chi connectivity index (χ1n) is 9.68. The Morgan fingerprint density at radius 1 is 0.645 bits per heavy atom. The Balaban J connectivity index is 0.000000245. The largest absolute Gasteiger partial charge is 1.00 e. The van der Waals surface area contributed by atoms with E-state index >= 15 is 0 Å². The Labute approximate surface area is 201 Å². The molecule has 0 aromatic heterocycles. The molecule has 0 aliphatic carbocycles. The Kier molecular flexibility index (Phi) is 10.2. The van der Waals surface area contributed by atoms with Gasteiger partial charge in [0.2, 0.25) is 0 Å². The van der Waals surface area contributed by atoms with Crippen LogP contribution in [0.15, 0.2) is 115 Å². The number of hydrogen-bond acceptors (Lipinski definition) is 1. The predicted molar refractivity (Wildman–Crippen MR) is 128 cm³/mol. The van der Waals surface area contributed by atoms with Gasteiger partial charge >= 0.3 is 22.4 Å². The molecule has 0 radical (unpaired) electrons. The molecular weight excluding hydrogens is 580 g/mol. The minimum Gasteiger partial charge on any atom is -0.366 e. The van der Waals surface area contributed by atoms with Crippen LogP contribution in [0, 0.1) is 12.3 Å². The van der Waals surface area contributed by atoms with Gasteiger partial charge in [0.05, 0.1) is 0 Å². The Morgan fingerprint density at radius 3 is 1.29 bits per heavy atom. The molecule has 0 atom stereocenters. The van der Waals surface area contributed by atoms with Crippen molar-refractivity contribution in [2.24, 2.45) is 0 Å². The topological polar surface area (TPSA) is 17.1 Å². The third kappa shape index (κ3) is 7.18. The molecular formula is C28H22AuOP. The van der Waals surface area contributed by atoms with Crippen molar-refractivity contribution in [3.8, 4) is 5.92 Å². The molecule has 0 fully saturated rings. The third-order valence-electron chi connectivity index (χ3n) is 4.48. The molecule has 0 saturated carbocycles. The summed E-state index contributed by atoms with van der Waals surface area (Å²) in [5.74, 6) is 2.27. The number of benzene rings is 4. The molecule has 0 saturated heterocycles. The van der Waals surface area contributed by atoms with Crippen molar-refractivity contribution in [2.45, 2.75) is 6.92 Å². The van der Waals surface area contributed by atoms with Crippen LogP contribution >= 0.6 is 7.92 Å². The van der Waals surface area contributed by atoms with Gasteiger partial charge in [0, 0.05) is 5.56 Å². The minimum atomic E-state index is -0.446. The average Bonchev–Trinajstić information content (AvgIpc) is 2.82. The van der Waals surface area contributed by atoms with Crippen molar-refractivity contribution in [3.63, 3.8) is 0 Å². The fraction of sp³-hybridized carbons (Fsp3) is 0.0357. The van der Waals surface area contributed by atoms with Gasteiger partial charge in [-0.3, -0.25) is 10.7 Å². The molecule has 156 valence electrons. The second-order valence-corrected chi connectivity index (χ2v) is 8.82. The van der Waals surface area contributed by atoms with Crippen LogP contribution in [0.5, 0.6) is 0 Å². The number of Topliss-reactive ketones (excluding diaryl/α,β-unsaturated/α-hetero) is 1. The molecule has 0 N–H and O–H groups in total. The Bertz CT molecular complexity index is 1010. The van der Waals surface area contributed by atoms with E-state index < -0.39 is 7.92 Å². The van der Waals surface area contributed by atoms with E-state index in [1.165, 1.54) is 22.8 Å². The van der Waals surface area contributed by atoms with Gasteiger partial charge in [-0.15, -0.1) is 17.7 Å². The number of hydrogen-bond donors (Lipinski definition) is 0. The van der Waals surface area contributed by atoms with Crippen LogP contribution in [0.25, 0.3) is 0 Å². The molecule has 0 bridgehead atoms. The van der Waals surface area contributed by atoms with Crippen molar-refractivity contribution in [1.82, 2.24) is 0 Å². The molecule has 0 spiro atoms. The molecule has 0 amide bonds. The second-order valence-electron chi connectivity index (χ2n) is 6.60. The van der Waals surface area contributed by atoms with Gasteiger partial charge in [0.15, 0.2) is 5.78 Å². The monoisotopic (exact) mass is 602 g/mol. The summed E-state index contributed by atoms with van der Waals surface area (Å²) in [6, 6.07) is 39.1. The van der Waals surface area contributed by atoms with Gasteiger partial charge in [-0.1, -0.05) is 103 Å². The van der Waals surface area contributed by atoms with E-state index in [0.29, 0.717) is 11.1 Å². The summed E-state index contributed by atoms with van der Waals surface area (Å²) in [7, 11) is -0.446. The van der Waals surface area contributed by atoms with Crippen molar-refractivity contribution < 1.29 is 27.2 Å². The summed E-state index contributed by atoms with van der Waals surface area (Å²) < 4.78 is 0. The van der Waals surface area contributed by atoms with Crippen LogP contribution in [-0.4, -0.2) is 5.78 Å². The third-order valence-corrected chi connectivity index (χ3v) is 6.92. The maximum Gasteiger partial charge on any atom is 1.00 e. The van der Waals surface area contributed by atoms with Crippen molar-refractivity contribution in [3.05, 3.63) is 133 Å². The van der Waals surface area contributed by atoms with Gasteiger partial charge in [0.25, 0.3) is 0 Å². The molecule has 0 heterocycles. The average molecular weight is 602 g/mol. The maximum absolute atomic E-state index is 10.8. The van der Waals surface area contributed by atoms with E-state index in [9.17, 15) is 4.79 Å². The van der Waals surface area contributed by atoms with Crippen LogP contribution in [0.1, 0.15) is 22.8 Å². The molecule has 3 heteroatoms. The fourth-order valence-corrected chi connectivity index (χ4v) is 5.27. The van der Waals surface area contributed by atoms with Crippen molar-refractivity contribution in [1.29, 1.82) is 0 Å². The summed E-state index contributed by atoms with van der Waals surface area (Å²) in [4.78, 5) is 10.8. The normalized spacial score (nSPS) is 9.58. The summed E-state index contributed by atoms with van der Waals surface area (Å²) in [5.41, 5.74) is 1.36. The number of rotatable bonds is 4. The van der Waals surface area contributed by atoms with Gasteiger partial charge in [-0.05, 0) is 30.8 Å². The summed E-state index contributed by atoms with van der Waals surface area (Å²) in [6.07, 6.45) is 6.79. The smallest absolute Gasteiger partial charge is 0.366 e.